The Morgan fingerprint density at radius 2 is 2.20 bits per heavy atom. The molecule has 82 valence electrons. The molecule has 0 saturated carbocycles. The van der Waals surface area contributed by atoms with Gasteiger partial charge in [-0.25, -0.2) is 4.39 Å². The van der Waals surface area contributed by atoms with Gasteiger partial charge in [-0.15, -0.1) is 6.58 Å². The van der Waals surface area contributed by atoms with Crippen molar-refractivity contribution in [2.24, 2.45) is 0 Å². The summed E-state index contributed by atoms with van der Waals surface area (Å²) in [7, 11) is 1.42. The van der Waals surface area contributed by atoms with E-state index in [-0.39, 0.29) is 0 Å². The molecule has 0 bridgehead atoms. The lowest BCUT2D eigenvalue weighted by molar-refractivity contribution is 0.0161. The molecule has 0 aliphatic carbocycles. The minimum absolute atomic E-state index is 0.331. The second-order valence-electron chi connectivity index (χ2n) is 3.09. The topological polar surface area (TPSA) is 49.7 Å². The van der Waals surface area contributed by atoms with Crippen molar-refractivity contribution < 1.29 is 19.3 Å². The van der Waals surface area contributed by atoms with Gasteiger partial charge in [-0.05, 0) is 17.7 Å². The van der Waals surface area contributed by atoms with Crippen LogP contribution >= 0.6 is 0 Å². The van der Waals surface area contributed by atoms with Crippen molar-refractivity contribution in [3.63, 3.8) is 0 Å². The van der Waals surface area contributed by atoms with Gasteiger partial charge in [-0.3, -0.25) is 0 Å². The predicted molar refractivity (Wildman–Crippen MR) is 54.0 cm³/mol. The largest absolute Gasteiger partial charge is 0.505 e. The quantitative estimate of drug-likeness (QED) is 0.748. The number of aliphatic hydroxyl groups is 1. The number of halogens is 1. The zero-order valence-electron chi connectivity index (χ0n) is 8.35. The van der Waals surface area contributed by atoms with Gasteiger partial charge in [0.1, 0.15) is 12.2 Å². The molecule has 0 saturated heterocycles. The van der Waals surface area contributed by atoms with E-state index in [1.165, 1.54) is 25.3 Å². The second kappa shape index (κ2) is 4.91. The Morgan fingerprint density at radius 3 is 2.67 bits per heavy atom. The summed E-state index contributed by atoms with van der Waals surface area (Å²) < 4.78 is 17.9. The van der Waals surface area contributed by atoms with E-state index >= 15 is 0 Å². The molecule has 3 nitrogen and oxygen atoms in total. The molecule has 1 aromatic carbocycles. The molecule has 0 fully saturated rings. The van der Waals surface area contributed by atoms with Crippen LogP contribution < -0.4 is 0 Å². The number of aromatic hydroxyl groups is 1. The van der Waals surface area contributed by atoms with E-state index in [0.29, 0.717) is 5.56 Å². The first-order valence-corrected chi connectivity index (χ1v) is 4.42. The van der Waals surface area contributed by atoms with Gasteiger partial charge in [0.2, 0.25) is 0 Å². The van der Waals surface area contributed by atoms with Gasteiger partial charge in [-0.2, -0.15) is 0 Å². The highest BCUT2D eigenvalue weighted by molar-refractivity contribution is 5.30. The number of phenols is 1. The van der Waals surface area contributed by atoms with Crippen LogP contribution in [-0.4, -0.2) is 23.4 Å². The molecule has 0 radical (unpaired) electrons. The van der Waals surface area contributed by atoms with E-state index in [4.69, 9.17) is 9.84 Å². The van der Waals surface area contributed by atoms with Gasteiger partial charge in [-0.1, -0.05) is 12.1 Å². The molecule has 0 aromatic heterocycles. The highest BCUT2D eigenvalue weighted by Gasteiger charge is 2.18. The molecule has 4 heteroatoms. The molecule has 0 aliphatic heterocycles. The van der Waals surface area contributed by atoms with Gasteiger partial charge in [0, 0.05) is 7.11 Å². The third-order valence-corrected chi connectivity index (χ3v) is 2.13. The second-order valence-corrected chi connectivity index (χ2v) is 3.09. The summed E-state index contributed by atoms with van der Waals surface area (Å²) in [5, 5.41) is 18.7. The van der Waals surface area contributed by atoms with Crippen molar-refractivity contribution in [3.05, 3.63) is 42.2 Å². The fourth-order valence-electron chi connectivity index (χ4n) is 1.25. The van der Waals surface area contributed by atoms with Gasteiger partial charge in [0.15, 0.2) is 11.6 Å². The van der Waals surface area contributed by atoms with E-state index in [1.807, 2.05) is 0 Å². The molecule has 2 N–H and O–H groups in total. The number of ether oxygens (including phenoxy) is 1. The Balaban J connectivity index is 2.95. The van der Waals surface area contributed by atoms with E-state index in [0.717, 1.165) is 6.07 Å². The Morgan fingerprint density at radius 1 is 1.53 bits per heavy atom. The smallest absolute Gasteiger partial charge is 0.165 e. The lowest BCUT2D eigenvalue weighted by Crippen LogP contribution is -2.18. The van der Waals surface area contributed by atoms with E-state index in [2.05, 4.69) is 6.58 Å². The molecule has 0 unspecified atom stereocenters. The Hall–Kier alpha value is -1.39. The van der Waals surface area contributed by atoms with Crippen LogP contribution in [-0.2, 0) is 4.74 Å². The highest BCUT2D eigenvalue weighted by Crippen LogP contribution is 2.24. The molecule has 2 atom stereocenters. The van der Waals surface area contributed by atoms with Gasteiger partial charge < -0.3 is 14.9 Å². The van der Waals surface area contributed by atoms with Gasteiger partial charge in [0.05, 0.1) is 0 Å². The molecule has 1 aromatic rings. The predicted octanol–water partition coefficient (Wildman–Crippen LogP) is 1.77. The average Bonchev–Trinajstić information content (AvgIpc) is 2.23. The van der Waals surface area contributed by atoms with Crippen LogP contribution in [0.5, 0.6) is 5.75 Å². The zero-order valence-corrected chi connectivity index (χ0v) is 8.35. The Kier molecular flexibility index (Phi) is 3.82. The average molecular weight is 212 g/mol. The third-order valence-electron chi connectivity index (χ3n) is 2.13. The van der Waals surface area contributed by atoms with E-state index in [9.17, 15) is 9.50 Å². The van der Waals surface area contributed by atoms with E-state index < -0.39 is 23.8 Å². The number of hydrogen-bond acceptors (Lipinski definition) is 3. The summed E-state index contributed by atoms with van der Waals surface area (Å²) in [5.41, 5.74) is 0.331. The first-order valence-electron chi connectivity index (χ1n) is 4.42. The highest BCUT2D eigenvalue weighted by atomic mass is 19.1. The van der Waals surface area contributed by atoms with Crippen LogP contribution in [0.2, 0.25) is 0 Å². The van der Waals surface area contributed by atoms with Crippen molar-refractivity contribution in [1.29, 1.82) is 0 Å². The van der Waals surface area contributed by atoms with Gasteiger partial charge in [0.25, 0.3) is 0 Å². The summed E-state index contributed by atoms with van der Waals surface area (Å²) in [4.78, 5) is 0. The standard InChI is InChI=1S/C11H13FO3/c1-3-10(15-2)11(14)7-4-5-9(13)8(12)6-7/h3-6,10-11,13-14H,1H2,2H3/t10-,11-/m1/s1. The fourth-order valence-corrected chi connectivity index (χ4v) is 1.25. The molecule has 15 heavy (non-hydrogen) atoms. The summed E-state index contributed by atoms with van der Waals surface area (Å²) in [5.74, 6) is -1.22. The lowest BCUT2D eigenvalue weighted by Gasteiger charge is -2.18. The van der Waals surface area contributed by atoms with Crippen LogP contribution in [0.1, 0.15) is 11.7 Å². The van der Waals surface area contributed by atoms with Crippen molar-refractivity contribution in [2.75, 3.05) is 7.11 Å². The molecule has 0 heterocycles. The molecule has 1 rings (SSSR count). The minimum Gasteiger partial charge on any atom is -0.505 e. The Bertz CT molecular complexity index is 352. The number of rotatable bonds is 4. The molecular weight excluding hydrogens is 199 g/mol. The first kappa shape index (κ1) is 11.7. The lowest BCUT2D eigenvalue weighted by atomic mass is 10.0. The number of hydrogen-bond donors (Lipinski definition) is 2. The number of methoxy groups -OCH3 is 1. The molecule has 0 aliphatic rings. The fraction of sp³-hybridized carbons (Fsp3) is 0.273. The SMILES string of the molecule is C=C[C@@H](OC)[C@H](O)c1ccc(O)c(F)c1. The molecule has 0 spiro atoms. The normalized spacial score (nSPS) is 14.6. The van der Waals surface area contributed by atoms with Gasteiger partial charge >= 0.3 is 0 Å². The van der Waals surface area contributed by atoms with Crippen LogP contribution in [0.3, 0.4) is 0 Å². The molecular formula is C11H13FO3. The number of benzene rings is 1. The van der Waals surface area contributed by atoms with Crippen LogP contribution in [0, 0.1) is 5.82 Å². The van der Waals surface area contributed by atoms with E-state index in [1.54, 1.807) is 0 Å². The van der Waals surface area contributed by atoms with Crippen molar-refractivity contribution >= 4 is 0 Å². The third kappa shape index (κ3) is 2.55. The minimum atomic E-state index is -0.998. The van der Waals surface area contributed by atoms with Crippen molar-refractivity contribution in [3.8, 4) is 5.75 Å². The first-order chi connectivity index (χ1) is 7.10. The Labute approximate surface area is 87.4 Å². The molecule has 0 amide bonds. The van der Waals surface area contributed by atoms with Crippen LogP contribution in [0.15, 0.2) is 30.9 Å². The number of aliphatic hydroxyl groups excluding tert-OH is 1. The van der Waals surface area contributed by atoms with Crippen molar-refractivity contribution in [1.82, 2.24) is 0 Å². The maximum absolute atomic E-state index is 13.0. The summed E-state index contributed by atoms with van der Waals surface area (Å²) in [6, 6.07) is 3.68. The van der Waals surface area contributed by atoms with Crippen molar-refractivity contribution in [2.45, 2.75) is 12.2 Å². The van der Waals surface area contributed by atoms with Crippen LogP contribution in [0.4, 0.5) is 4.39 Å². The maximum atomic E-state index is 13.0. The summed E-state index contributed by atoms with van der Waals surface area (Å²) in [6.45, 7) is 3.49. The van der Waals surface area contributed by atoms with Crippen LogP contribution in [0.25, 0.3) is 0 Å². The summed E-state index contributed by atoms with van der Waals surface area (Å²) >= 11 is 0. The monoisotopic (exact) mass is 212 g/mol. The maximum Gasteiger partial charge on any atom is 0.165 e. The number of phenolic OH excluding ortho intramolecular Hbond substituents is 1. The zero-order chi connectivity index (χ0) is 11.4. The summed E-state index contributed by atoms with van der Waals surface area (Å²) in [6.07, 6.45) is -0.174.